The number of nitrogens with one attached hydrogen (secondary N) is 1. The van der Waals surface area contributed by atoms with Crippen LogP contribution in [0.3, 0.4) is 0 Å². The maximum Gasteiger partial charge on any atom is 0.416 e. The molecule has 0 aliphatic carbocycles. The molecule has 0 spiro atoms. The molecule has 0 unspecified atom stereocenters. The lowest BCUT2D eigenvalue weighted by Gasteiger charge is -2.28. The molecule has 4 nitrogen and oxygen atoms in total. The number of carbonyl (C=O) groups is 1. The predicted octanol–water partition coefficient (Wildman–Crippen LogP) is 2.86. The molecule has 0 heterocycles. The zero-order chi connectivity index (χ0) is 16.0. The van der Waals surface area contributed by atoms with Crippen molar-refractivity contribution in [2.24, 2.45) is 5.92 Å². The molecule has 0 aromatic heterocycles. The number of hydrogen-bond acceptors (Lipinski definition) is 3. The number of aliphatic hydroxyl groups excluding tert-OH is 1. The van der Waals surface area contributed by atoms with Gasteiger partial charge in [0.25, 0.3) is 0 Å². The molecule has 21 heavy (non-hydrogen) atoms. The Balaban J connectivity index is 2.57. The van der Waals surface area contributed by atoms with Crippen LogP contribution in [0.5, 0.6) is 0 Å². The summed E-state index contributed by atoms with van der Waals surface area (Å²) in [6.07, 6.45) is -8.44. The van der Waals surface area contributed by atoms with E-state index in [0.717, 1.165) is 0 Å². The molecule has 0 bridgehead atoms. The summed E-state index contributed by atoms with van der Waals surface area (Å²) in [7, 11) is 0. The molecule has 0 aliphatic heterocycles. The average Bonchev–Trinajstić information content (AvgIpc) is 2.41. The van der Waals surface area contributed by atoms with Gasteiger partial charge >= 0.3 is 12.3 Å². The lowest BCUT2D eigenvalue weighted by molar-refractivity contribution is -0.214. The Morgan fingerprint density at radius 3 is 2.33 bits per heavy atom. The summed E-state index contributed by atoms with van der Waals surface area (Å²) in [5.41, 5.74) is 0.713. The number of carbonyl (C=O) groups excluding carboxylic acids is 1. The highest BCUT2D eigenvalue weighted by Crippen LogP contribution is 2.25. The van der Waals surface area contributed by atoms with Gasteiger partial charge in [-0.15, -0.1) is 0 Å². The molecule has 1 amide bonds. The molecule has 0 saturated carbocycles. The topological polar surface area (TPSA) is 58.6 Å². The number of rotatable bonds is 5. The summed E-state index contributed by atoms with van der Waals surface area (Å²) in [5, 5.41) is 11.3. The second kappa shape index (κ2) is 7.31. The summed E-state index contributed by atoms with van der Waals surface area (Å²) in [5.74, 6) is -0.606. The molecule has 2 atom stereocenters. The van der Waals surface area contributed by atoms with Crippen LogP contribution in [0.4, 0.5) is 18.0 Å². The highest BCUT2D eigenvalue weighted by atomic mass is 19.4. The molecule has 2 N–H and O–H groups in total. The minimum absolute atomic E-state index is 0.0560. The van der Waals surface area contributed by atoms with Crippen molar-refractivity contribution >= 4 is 6.09 Å². The number of ether oxygens (including phenoxy) is 1. The van der Waals surface area contributed by atoms with Gasteiger partial charge in [-0.1, -0.05) is 44.2 Å². The molecular formula is C14H18F3NO3. The van der Waals surface area contributed by atoms with Gasteiger partial charge in [0.05, 0.1) is 6.04 Å². The van der Waals surface area contributed by atoms with Crippen molar-refractivity contribution in [3.8, 4) is 0 Å². The minimum atomic E-state index is -4.80. The van der Waals surface area contributed by atoms with E-state index in [4.69, 9.17) is 4.74 Å². The Bertz CT molecular complexity index is 449. The summed E-state index contributed by atoms with van der Waals surface area (Å²) < 4.78 is 42.4. The Morgan fingerprint density at radius 1 is 1.29 bits per heavy atom. The van der Waals surface area contributed by atoms with Crippen LogP contribution in [-0.2, 0) is 11.3 Å². The van der Waals surface area contributed by atoms with Crippen LogP contribution in [0.15, 0.2) is 30.3 Å². The molecule has 0 aliphatic rings. The second-order valence-corrected chi connectivity index (χ2v) is 4.96. The van der Waals surface area contributed by atoms with Gasteiger partial charge in [0.1, 0.15) is 6.61 Å². The number of amides is 1. The quantitative estimate of drug-likeness (QED) is 0.879. The summed E-state index contributed by atoms with van der Waals surface area (Å²) in [4.78, 5) is 11.6. The Kier molecular flexibility index (Phi) is 6.02. The van der Waals surface area contributed by atoms with Crippen LogP contribution in [0, 0.1) is 5.92 Å². The number of alkyl halides is 3. The first-order chi connectivity index (χ1) is 9.71. The van der Waals surface area contributed by atoms with E-state index >= 15 is 0 Å². The monoisotopic (exact) mass is 305 g/mol. The van der Waals surface area contributed by atoms with E-state index in [0.29, 0.717) is 5.56 Å². The summed E-state index contributed by atoms with van der Waals surface area (Å²) >= 11 is 0. The SMILES string of the molecule is CC(C)[C@H](NC(=O)OCc1ccccc1)[C@H](O)C(F)(F)F. The van der Waals surface area contributed by atoms with E-state index in [1.807, 2.05) is 0 Å². The first-order valence-corrected chi connectivity index (χ1v) is 6.44. The highest BCUT2D eigenvalue weighted by Gasteiger charge is 2.45. The molecule has 0 fully saturated rings. The molecule has 1 rings (SSSR count). The van der Waals surface area contributed by atoms with Crippen molar-refractivity contribution in [1.29, 1.82) is 0 Å². The third kappa shape index (κ3) is 5.63. The molecule has 118 valence electrons. The molecule has 0 saturated heterocycles. The van der Waals surface area contributed by atoms with E-state index in [1.165, 1.54) is 13.8 Å². The molecule has 1 aromatic carbocycles. The van der Waals surface area contributed by atoms with Crippen molar-refractivity contribution in [3.05, 3.63) is 35.9 Å². The van der Waals surface area contributed by atoms with E-state index in [-0.39, 0.29) is 6.61 Å². The number of aliphatic hydroxyl groups is 1. The van der Waals surface area contributed by atoms with Gasteiger partial charge in [-0.2, -0.15) is 13.2 Å². The maximum absolute atomic E-state index is 12.5. The fourth-order valence-electron chi connectivity index (χ4n) is 1.71. The van der Waals surface area contributed by atoms with Gasteiger partial charge in [-0.25, -0.2) is 4.79 Å². The van der Waals surface area contributed by atoms with E-state index < -0.39 is 30.3 Å². The van der Waals surface area contributed by atoms with E-state index in [9.17, 15) is 23.1 Å². The van der Waals surface area contributed by atoms with Gasteiger partial charge in [-0.3, -0.25) is 0 Å². The van der Waals surface area contributed by atoms with Crippen molar-refractivity contribution < 1.29 is 27.8 Å². The average molecular weight is 305 g/mol. The van der Waals surface area contributed by atoms with Gasteiger partial charge in [0.15, 0.2) is 6.10 Å². The predicted molar refractivity (Wildman–Crippen MR) is 70.5 cm³/mol. The van der Waals surface area contributed by atoms with Crippen LogP contribution in [0.2, 0.25) is 0 Å². The van der Waals surface area contributed by atoms with Crippen molar-refractivity contribution in [2.75, 3.05) is 0 Å². The number of benzene rings is 1. The van der Waals surface area contributed by atoms with Crippen LogP contribution in [-0.4, -0.2) is 29.5 Å². The Labute approximate surface area is 120 Å². The maximum atomic E-state index is 12.5. The normalized spacial score (nSPS) is 14.6. The van der Waals surface area contributed by atoms with Crippen LogP contribution >= 0.6 is 0 Å². The standard InChI is InChI=1S/C14H18F3NO3/c1-9(2)11(12(19)14(15,16)17)18-13(20)21-8-10-6-4-3-5-7-10/h3-7,9,11-12,19H,8H2,1-2H3,(H,18,20)/t11-,12-/m0/s1. The lowest BCUT2D eigenvalue weighted by Crippen LogP contribution is -2.52. The molecule has 7 heteroatoms. The van der Waals surface area contributed by atoms with E-state index in [1.54, 1.807) is 30.3 Å². The van der Waals surface area contributed by atoms with Gasteiger partial charge in [0, 0.05) is 0 Å². The first-order valence-electron chi connectivity index (χ1n) is 6.44. The smallest absolute Gasteiger partial charge is 0.416 e. The highest BCUT2D eigenvalue weighted by molar-refractivity contribution is 5.67. The fourth-order valence-corrected chi connectivity index (χ4v) is 1.71. The van der Waals surface area contributed by atoms with Crippen molar-refractivity contribution in [2.45, 2.75) is 38.8 Å². The van der Waals surface area contributed by atoms with Gasteiger partial charge < -0.3 is 15.2 Å². The first kappa shape index (κ1) is 17.3. The zero-order valence-corrected chi connectivity index (χ0v) is 11.7. The summed E-state index contributed by atoms with van der Waals surface area (Å²) in [6, 6.07) is 7.27. The van der Waals surface area contributed by atoms with Crippen molar-refractivity contribution in [3.63, 3.8) is 0 Å². The Morgan fingerprint density at radius 2 is 1.86 bits per heavy atom. The molecule has 1 aromatic rings. The number of halogens is 3. The van der Waals surface area contributed by atoms with Crippen LogP contribution in [0.1, 0.15) is 19.4 Å². The zero-order valence-electron chi connectivity index (χ0n) is 11.7. The largest absolute Gasteiger partial charge is 0.445 e. The van der Waals surface area contributed by atoms with Gasteiger partial charge in [-0.05, 0) is 11.5 Å². The fraction of sp³-hybridized carbons (Fsp3) is 0.500. The minimum Gasteiger partial charge on any atom is -0.445 e. The van der Waals surface area contributed by atoms with Crippen LogP contribution < -0.4 is 5.32 Å². The van der Waals surface area contributed by atoms with Gasteiger partial charge in [0.2, 0.25) is 0 Å². The molecule has 0 radical (unpaired) electrons. The van der Waals surface area contributed by atoms with E-state index in [2.05, 4.69) is 5.32 Å². The summed E-state index contributed by atoms with van der Waals surface area (Å²) in [6.45, 7) is 2.88. The molecular weight excluding hydrogens is 287 g/mol. The second-order valence-electron chi connectivity index (χ2n) is 4.96. The number of hydrogen-bond donors (Lipinski definition) is 2. The number of alkyl carbamates (subject to hydrolysis) is 1. The lowest BCUT2D eigenvalue weighted by atomic mass is 9.98. The third-order valence-electron chi connectivity index (χ3n) is 2.89. The van der Waals surface area contributed by atoms with Crippen LogP contribution in [0.25, 0.3) is 0 Å². The third-order valence-corrected chi connectivity index (χ3v) is 2.89. The van der Waals surface area contributed by atoms with Crippen molar-refractivity contribution in [1.82, 2.24) is 5.32 Å². The Hall–Kier alpha value is -1.76.